The van der Waals surface area contributed by atoms with E-state index < -0.39 is 27.8 Å². The largest absolute Gasteiger partial charge is 0.483 e. The fourth-order valence-corrected chi connectivity index (χ4v) is 4.02. The van der Waals surface area contributed by atoms with Crippen molar-refractivity contribution in [2.24, 2.45) is 0 Å². The number of rotatable bonds is 6. The van der Waals surface area contributed by atoms with Crippen molar-refractivity contribution in [3.8, 4) is 5.75 Å². The lowest BCUT2D eigenvalue weighted by atomic mass is 10.1. The van der Waals surface area contributed by atoms with Crippen molar-refractivity contribution in [3.05, 3.63) is 48.0 Å². The molecular formula is C21H22F2N4O3S. The van der Waals surface area contributed by atoms with Gasteiger partial charge in [-0.25, -0.2) is 23.0 Å². The molecule has 1 aromatic heterocycles. The highest BCUT2D eigenvalue weighted by molar-refractivity contribution is 8.00. The summed E-state index contributed by atoms with van der Waals surface area (Å²) in [5, 5.41) is 3.87. The SMILES string of the molecule is C=S(C)(=O)Nc1cc(C)c2c(Nc3ccc(F)cc3OC3COCC3F)ncnc2c1. The van der Waals surface area contributed by atoms with Crippen molar-refractivity contribution in [3.63, 3.8) is 0 Å². The zero-order valence-electron chi connectivity index (χ0n) is 17.0. The first-order valence-electron chi connectivity index (χ1n) is 9.50. The molecule has 1 aliphatic heterocycles. The molecule has 0 spiro atoms. The van der Waals surface area contributed by atoms with E-state index in [0.717, 1.165) is 10.9 Å². The van der Waals surface area contributed by atoms with Gasteiger partial charge in [0.2, 0.25) is 0 Å². The summed E-state index contributed by atoms with van der Waals surface area (Å²) in [5.74, 6) is 3.72. The molecule has 10 heteroatoms. The Morgan fingerprint density at radius 3 is 2.77 bits per heavy atom. The third-order valence-electron chi connectivity index (χ3n) is 4.71. The van der Waals surface area contributed by atoms with E-state index in [0.29, 0.717) is 22.7 Å². The third kappa shape index (κ3) is 4.86. The van der Waals surface area contributed by atoms with Crippen LogP contribution in [0.15, 0.2) is 36.7 Å². The maximum absolute atomic E-state index is 13.9. The van der Waals surface area contributed by atoms with E-state index in [9.17, 15) is 13.0 Å². The summed E-state index contributed by atoms with van der Waals surface area (Å²) in [4.78, 5) is 8.62. The van der Waals surface area contributed by atoms with Gasteiger partial charge in [-0.15, -0.1) is 0 Å². The van der Waals surface area contributed by atoms with Crippen LogP contribution >= 0.6 is 0 Å². The van der Waals surface area contributed by atoms with E-state index in [1.54, 1.807) is 6.07 Å². The number of hydrogen-bond acceptors (Lipinski definition) is 6. The number of ether oxygens (including phenoxy) is 2. The molecule has 2 aromatic carbocycles. The number of nitrogens with zero attached hydrogens (tertiary/aromatic N) is 2. The molecule has 0 aliphatic carbocycles. The van der Waals surface area contributed by atoms with E-state index in [-0.39, 0.29) is 19.0 Å². The topological polar surface area (TPSA) is 85.4 Å². The van der Waals surface area contributed by atoms with Gasteiger partial charge in [-0.1, -0.05) is 0 Å². The summed E-state index contributed by atoms with van der Waals surface area (Å²) in [6, 6.07) is 7.53. The maximum Gasteiger partial charge on any atom is 0.162 e. The molecule has 4 rings (SSSR count). The summed E-state index contributed by atoms with van der Waals surface area (Å²) >= 11 is 0. The molecular weight excluding hydrogens is 426 g/mol. The average Bonchev–Trinajstić information content (AvgIpc) is 3.07. The second kappa shape index (κ2) is 8.27. The maximum atomic E-state index is 13.9. The number of hydrogen-bond donors (Lipinski definition) is 2. The Bertz CT molecular complexity index is 1240. The van der Waals surface area contributed by atoms with Gasteiger partial charge in [0.15, 0.2) is 12.3 Å². The molecule has 3 aromatic rings. The van der Waals surface area contributed by atoms with Gasteiger partial charge in [0.05, 0.1) is 24.4 Å². The Morgan fingerprint density at radius 2 is 2.06 bits per heavy atom. The van der Waals surface area contributed by atoms with Gasteiger partial charge >= 0.3 is 0 Å². The fraction of sp³-hybridized carbons (Fsp3) is 0.286. The smallest absolute Gasteiger partial charge is 0.162 e. The van der Waals surface area contributed by atoms with Crippen LogP contribution < -0.4 is 14.8 Å². The van der Waals surface area contributed by atoms with Crippen LogP contribution in [0.5, 0.6) is 5.75 Å². The summed E-state index contributed by atoms with van der Waals surface area (Å²) in [6.07, 6.45) is 0.790. The molecule has 0 radical (unpaired) electrons. The van der Waals surface area contributed by atoms with Crippen molar-refractivity contribution in [2.45, 2.75) is 19.2 Å². The molecule has 3 atom stereocenters. The second-order valence-corrected chi connectivity index (χ2v) is 9.71. The Hall–Kier alpha value is -2.98. The van der Waals surface area contributed by atoms with Crippen LogP contribution in [-0.2, 0) is 14.4 Å². The minimum atomic E-state index is -2.45. The van der Waals surface area contributed by atoms with Crippen LogP contribution in [0, 0.1) is 12.7 Å². The summed E-state index contributed by atoms with van der Waals surface area (Å²) < 4.78 is 53.4. The van der Waals surface area contributed by atoms with E-state index >= 15 is 0 Å². The third-order valence-corrected chi connectivity index (χ3v) is 5.37. The van der Waals surface area contributed by atoms with E-state index in [1.165, 1.54) is 30.8 Å². The van der Waals surface area contributed by atoms with Crippen molar-refractivity contribution in [1.29, 1.82) is 0 Å². The minimum absolute atomic E-state index is 0.0493. The van der Waals surface area contributed by atoms with Crippen LogP contribution in [0.2, 0.25) is 0 Å². The number of anilines is 3. The zero-order chi connectivity index (χ0) is 22.2. The van der Waals surface area contributed by atoms with Gasteiger partial charge in [0.25, 0.3) is 0 Å². The van der Waals surface area contributed by atoms with Gasteiger partial charge in [-0.2, -0.15) is 0 Å². The molecule has 31 heavy (non-hydrogen) atoms. The first-order chi connectivity index (χ1) is 14.7. The second-order valence-electron chi connectivity index (χ2n) is 7.49. The van der Waals surface area contributed by atoms with E-state index in [2.05, 4.69) is 25.9 Å². The lowest BCUT2D eigenvalue weighted by Gasteiger charge is -2.19. The molecule has 0 bridgehead atoms. The summed E-state index contributed by atoms with van der Waals surface area (Å²) in [6.45, 7) is 1.91. The summed E-state index contributed by atoms with van der Waals surface area (Å²) in [5.41, 5.74) is 2.49. The molecule has 1 fully saturated rings. The molecule has 7 nitrogen and oxygen atoms in total. The number of aromatic nitrogens is 2. The normalized spacial score (nSPS) is 20.4. The highest BCUT2D eigenvalue weighted by Gasteiger charge is 2.30. The van der Waals surface area contributed by atoms with Crippen LogP contribution in [0.25, 0.3) is 10.9 Å². The quantitative estimate of drug-likeness (QED) is 0.561. The number of fused-ring (bicyclic) bond motifs is 1. The van der Waals surface area contributed by atoms with Gasteiger partial charge in [-0.3, -0.25) is 0 Å². The van der Waals surface area contributed by atoms with Gasteiger partial charge in [-0.05, 0) is 42.6 Å². The van der Waals surface area contributed by atoms with Crippen LogP contribution in [-0.4, -0.2) is 51.8 Å². The van der Waals surface area contributed by atoms with Crippen molar-refractivity contribution in [2.75, 3.05) is 29.5 Å². The molecule has 1 saturated heterocycles. The zero-order valence-corrected chi connectivity index (χ0v) is 17.8. The molecule has 3 unspecified atom stereocenters. The van der Waals surface area contributed by atoms with E-state index in [1.807, 2.05) is 13.0 Å². The molecule has 164 valence electrons. The van der Waals surface area contributed by atoms with Gasteiger partial charge in [0.1, 0.15) is 23.7 Å². The van der Waals surface area contributed by atoms with Crippen LogP contribution in [0.4, 0.5) is 26.0 Å². The predicted octanol–water partition coefficient (Wildman–Crippen LogP) is 3.61. The predicted molar refractivity (Wildman–Crippen MR) is 119 cm³/mol. The number of alkyl halides is 1. The standard InChI is InChI=1S/C21H22F2N4O3S/c1-12-6-14(27-31(2,3)28)8-17-20(12)21(25-11-24-17)26-16-5-4-13(22)7-18(16)30-19-10-29-9-15(19)23/h4-8,11,15,19H,2,9-10H2,1,3H3,(H,27,28)(H,24,25,26). The lowest BCUT2D eigenvalue weighted by molar-refractivity contribution is 0.129. The Labute approximate surface area is 178 Å². The minimum Gasteiger partial charge on any atom is -0.483 e. The van der Waals surface area contributed by atoms with Crippen molar-refractivity contribution < 1.29 is 22.5 Å². The Kier molecular flexibility index (Phi) is 5.67. The van der Waals surface area contributed by atoms with E-state index in [4.69, 9.17) is 9.47 Å². The first kappa shape index (κ1) is 21.3. The number of halogens is 2. The molecule has 2 N–H and O–H groups in total. The van der Waals surface area contributed by atoms with Crippen molar-refractivity contribution in [1.82, 2.24) is 9.97 Å². The fourth-order valence-electron chi connectivity index (χ4n) is 3.40. The molecule has 0 saturated carbocycles. The Balaban J connectivity index is 1.70. The number of nitrogens with one attached hydrogen (secondary N) is 2. The molecule has 0 amide bonds. The van der Waals surface area contributed by atoms with Crippen LogP contribution in [0.3, 0.4) is 0 Å². The highest BCUT2D eigenvalue weighted by Crippen LogP contribution is 2.34. The van der Waals surface area contributed by atoms with Crippen molar-refractivity contribution >= 4 is 43.7 Å². The average molecular weight is 448 g/mol. The lowest BCUT2D eigenvalue weighted by Crippen LogP contribution is -2.26. The molecule has 1 aliphatic rings. The highest BCUT2D eigenvalue weighted by atomic mass is 32.2. The number of benzene rings is 2. The number of aryl methyl sites for hydroxylation is 1. The van der Waals surface area contributed by atoms with Gasteiger partial charge < -0.3 is 19.5 Å². The van der Waals surface area contributed by atoms with Gasteiger partial charge in [0, 0.05) is 33.1 Å². The summed E-state index contributed by atoms with van der Waals surface area (Å²) in [7, 11) is -2.45. The monoisotopic (exact) mass is 448 g/mol. The van der Waals surface area contributed by atoms with Crippen LogP contribution in [0.1, 0.15) is 5.56 Å². The first-order valence-corrected chi connectivity index (χ1v) is 11.6. The Morgan fingerprint density at radius 1 is 1.26 bits per heavy atom. The molecule has 2 heterocycles.